The van der Waals surface area contributed by atoms with E-state index < -0.39 is 0 Å². The Kier molecular flexibility index (Phi) is 7.29. The van der Waals surface area contributed by atoms with Gasteiger partial charge in [0.05, 0.1) is 0 Å². The second kappa shape index (κ2) is 7.89. The quantitative estimate of drug-likeness (QED) is 0.527. The van der Waals surface area contributed by atoms with E-state index in [1.807, 2.05) is 13.8 Å². The van der Waals surface area contributed by atoms with E-state index in [-0.39, 0.29) is 0 Å². The van der Waals surface area contributed by atoms with Gasteiger partial charge in [0.2, 0.25) is 0 Å². The Hall–Kier alpha value is -1.30. The minimum atomic E-state index is 0.500. The zero-order chi connectivity index (χ0) is 13.3. The van der Waals surface area contributed by atoms with Crippen molar-refractivity contribution in [3.8, 4) is 0 Å². The van der Waals surface area contributed by atoms with E-state index in [0.29, 0.717) is 5.41 Å². The average molecular weight is 230 g/mol. The molecule has 0 saturated carbocycles. The Morgan fingerprint density at radius 2 is 0.765 bits per heavy atom. The molecule has 0 radical (unpaired) electrons. The van der Waals surface area contributed by atoms with Gasteiger partial charge >= 0.3 is 0 Å². The highest BCUT2D eigenvalue weighted by Gasteiger charge is 1.95. The molecule has 0 aromatic heterocycles. The first-order valence-electron chi connectivity index (χ1n) is 6.40. The zero-order valence-electron chi connectivity index (χ0n) is 12.1. The summed E-state index contributed by atoms with van der Waals surface area (Å²) in [6.07, 6.45) is 0. The summed E-state index contributed by atoms with van der Waals surface area (Å²) in [6, 6.07) is 16.7. The van der Waals surface area contributed by atoms with Crippen molar-refractivity contribution in [2.45, 2.75) is 41.5 Å². The van der Waals surface area contributed by atoms with Crippen LogP contribution in [0.15, 0.2) is 48.5 Å². The van der Waals surface area contributed by atoms with Crippen molar-refractivity contribution < 1.29 is 0 Å². The molecule has 17 heavy (non-hydrogen) atoms. The molecule has 0 heteroatoms. The zero-order valence-corrected chi connectivity index (χ0v) is 12.1. The van der Waals surface area contributed by atoms with Crippen LogP contribution in [0.2, 0.25) is 0 Å². The lowest BCUT2D eigenvalue weighted by atomic mass is 10.0. The maximum absolute atomic E-state index is 2.19. The van der Waals surface area contributed by atoms with Crippen molar-refractivity contribution in [2.24, 2.45) is 5.41 Å². The Balaban J connectivity index is 0.000000315. The molecule has 94 valence electrons. The normalized spacial score (nSPS) is 9.76. The molecule has 0 fully saturated rings. The molecule has 0 bridgehead atoms. The Morgan fingerprint density at radius 1 is 0.588 bits per heavy atom. The van der Waals surface area contributed by atoms with E-state index in [1.165, 1.54) is 10.8 Å². The standard InChI is InChI=1S/C10H8.C5H12.C2H6/c1-2-6-10-8-4-3-7-9(10)5-1;1-5(2,3)4;1-2/h1-8H;1-4H3;1-2H3. The molecule has 0 spiro atoms. The van der Waals surface area contributed by atoms with Crippen LogP contribution in [0, 0.1) is 5.41 Å². The summed E-state index contributed by atoms with van der Waals surface area (Å²) in [4.78, 5) is 0. The van der Waals surface area contributed by atoms with Gasteiger partial charge < -0.3 is 0 Å². The molecular weight excluding hydrogens is 204 g/mol. The highest BCUT2D eigenvalue weighted by atomic mass is 14.0. The molecule has 2 rings (SSSR count). The molecule has 0 atom stereocenters. The fourth-order valence-electron chi connectivity index (χ4n) is 1.13. The van der Waals surface area contributed by atoms with Gasteiger partial charge in [0.1, 0.15) is 0 Å². The summed E-state index contributed by atoms with van der Waals surface area (Å²) >= 11 is 0. The maximum atomic E-state index is 2.19. The summed E-state index contributed by atoms with van der Waals surface area (Å²) in [7, 11) is 0. The summed E-state index contributed by atoms with van der Waals surface area (Å²) in [6.45, 7) is 12.8. The summed E-state index contributed by atoms with van der Waals surface area (Å²) in [5.74, 6) is 0. The topological polar surface area (TPSA) is 0 Å². The number of benzene rings is 2. The maximum Gasteiger partial charge on any atom is -0.0184 e. The molecule has 2 aromatic rings. The molecular formula is C17H26. The number of hydrogen-bond donors (Lipinski definition) is 0. The van der Waals surface area contributed by atoms with Crippen LogP contribution in [0.3, 0.4) is 0 Å². The molecule has 0 unspecified atom stereocenters. The van der Waals surface area contributed by atoms with Crippen LogP contribution >= 0.6 is 0 Å². The molecule has 0 aliphatic heterocycles. The summed E-state index contributed by atoms with van der Waals surface area (Å²) in [5.41, 5.74) is 0.500. The molecule has 0 saturated heterocycles. The molecule has 0 amide bonds. The molecule has 0 aliphatic rings. The van der Waals surface area contributed by atoms with E-state index in [1.54, 1.807) is 0 Å². The van der Waals surface area contributed by atoms with Crippen LogP contribution in [0.25, 0.3) is 10.8 Å². The van der Waals surface area contributed by atoms with Gasteiger partial charge in [-0.05, 0) is 16.2 Å². The van der Waals surface area contributed by atoms with Crippen LogP contribution < -0.4 is 0 Å². The van der Waals surface area contributed by atoms with Gasteiger partial charge in [0.25, 0.3) is 0 Å². The van der Waals surface area contributed by atoms with Crippen LogP contribution in [0.4, 0.5) is 0 Å². The van der Waals surface area contributed by atoms with Crippen molar-refractivity contribution in [3.63, 3.8) is 0 Å². The molecule has 0 N–H and O–H groups in total. The van der Waals surface area contributed by atoms with E-state index in [2.05, 4.69) is 76.2 Å². The first-order chi connectivity index (χ1) is 7.97. The second-order valence-electron chi connectivity index (χ2n) is 5.35. The summed E-state index contributed by atoms with van der Waals surface area (Å²) in [5, 5.41) is 2.62. The van der Waals surface area contributed by atoms with Gasteiger partial charge in [0.15, 0.2) is 0 Å². The van der Waals surface area contributed by atoms with E-state index in [9.17, 15) is 0 Å². The SMILES string of the molecule is CC.CC(C)(C)C.c1ccc2ccccc2c1. The van der Waals surface area contributed by atoms with Gasteiger partial charge in [0, 0.05) is 0 Å². The Morgan fingerprint density at radius 3 is 0.941 bits per heavy atom. The van der Waals surface area contributed by atoms with Crippen molar-refractivity contribution >= 4 is 10.8 Å². The van der Waals surface area contributed by atoms with Crippen molar-refractivity contribution in [3.05, 3.63) is 48.5 Å². The highest BCUT2D eigenvalue weighted by molar-refractivity contribution is 5.81. The minimum absolute atomic E-state index is 0.500. The minimum Gasteiger partial charge on any atom is -0.0683 e. The first kappa shape index (κ1) is 15.7. The van der Waals surface area contributed by atoms with E-state index in [4.69, 9.17) is 0 Å². The number of fused-ring (bicyclic) bond motifs is 1. The predicted octanol–water partition coefficient (Wildman–Crippen LogP) is 5.92. The predicted molar refractivity (Wildman–Crippen MR) is 80.4 cm³/mol. The van der Waals surface area contributed by atoms with Crippen LogP contribution in [0.1, 0.15) is 41.5 Å². The van der Waals surface area contributed by atoms with Gasteiger partial charge in [-0.3, -0.25) is 0 Å². The first-order valence-corrected chi connectivity index (χ1v) is 6.40. The molecule has 0 heterocycles. The number of rotatable bonds is 0. The molecule has 0 aliphatic carbocycles. The van der Waals surface area contributed by atoms with E-state index in [0.717, 1.165) is 0 Å². The van der Waals surface area contributed by atoms with Crippen LogP contribution in [0.5, 0.6) is 0 Å². The third-order valence-electron chi connectivity index (χ3n) is 1.66. The van der Waals surface area contributed by atoms with Gasteiger partial charge in [-0.25, -0.2) is 0 Å². The third-order valence-corrected chi connectivity index (χ3v) is 1.66. The summed E-state index contributed by atoms with van der Waals surface area (Å²) < 4.78 is 0. The Bertz CT molecular complexity index is 336. The van der Waals surface area contributed by atoms with Gasteiger partial charge in [-0.1, -0.05) is 90.1 Å². The fourth-order valence-corrected chi connectivity index (χ4v) is 1.13. The highest BCUT2D eigenvalue weighted by Crippen LogP contribution is 2.11. The molecule has 2 aromatic carbocycles. The monoisotopic (exact) mass is 230 g/mol. The lowest BCUT2D eigenvalue weighted by Gasteiger charge is -2.05. The van der Waals surface area contributed by atoms with E-state index >= 15 is 0 Å². The lowest BCUT2D eigenvalue weighted by molar-refractivity contribution is 0.469. The lowest BCUT2D eigenvalue weighted by Crippen LogP contribution is -1.93. The average Bonchev–Trinajstić information content (AvgIpc) is 2.30. The van der Waals surface area contributed by atoms with Crippen LogP contribution in [-0.4, -0.2) is 0 Å². The molecule has 0 nitrogen and oxygen atoms in total. The Labute approximate surface area is 107 Å². The second-order valence-corrected chi connectivity index (χ2v) is 5.35. The fraction of sp³-hybridized carbons (Fsp3) is 0.412. The third kappa shape index (κ3) is 8.50. The largest absolute Gasteiger partial charge is 0.0683 e. The smallest absolute Gasteiger partial charge is 0.0184 e. The number of hydrogen-bond acceptors (Lipinski definition) is 0. The van der Waals surface area contributed by atoms with Gasteiger partial charge in [-0.15, -0.1) is 0 Å². The van der Waals surface area contributed by atoms with Crippen LogP contribution in [-0.2, 0) is 0 Å². The van der Waals surface area contributed by atoms with Crippen molar-refractivity contribution in [1.29, 1.82) is 0 Å². The van der Waals surface area contributed by atoms with Gasteiger partial charge in [-0.2, -0.15) is 0 Å². The van der Waals surface area contributed by atoms with Crippen molar-refractivity contribution in [2.75, 3.05) is 0 Å². The van der Waals surface area contributed by atoms with Crippen molar-refractivity contribution in [1.82, 2.24) is 0 Å².